The predicted molar refractivity (Wildman–Crippen MR) is 105 cm³/mol. The molecule has 0 radical (unpaired) electrons. The van der Waals surface area contributed by atoms with Crippen molar-refractivity contribution in [2.75, 3.05) is 27.3 Å². The number of rotatable bonds is 7. The summed E-state index contributed by atoms with van der Waals surface area (Å²) in [5, 5.41) is 0. The van der Waals surface area contributed by atoms with E-state index in [0.29, 0.717) is 23.6 Å². The molecule has 3 rings (SSSR count). The van der Waals surface area contributed by atoms with Crippen molar-refractivity contribution in [1.29, 1.82) is 0 Å². The number of hydrogen-bond acceptors (Lipinski definition) is 4. The number of para-hydroxylation sites is 1. The number of methoxy groups -OCH3 is 2. The summed E-state index contributed by atoms with van der Waals surface area (Å²) in [6.45, 7) is 4.62. The summed E-state index contributed by atoms with van der Waals surface area (Å²) in [7, 11) is 3.15. The minimum absolute atomic E-state index is 0.0119. The van der Waals surface area contributed by atoms with Crippen molar-refractivity contribution in [3.63, 3.8) is 0 Å². The van der Waals surface area contributed by atoms with Gasteiger partial charge in [-0.1, -0.05) is 19.4 Å². The van der Waals surface area contributed by atoms with E-state index in [0.717, 1.165) is 44.6 Å². The summed E-state index contributed by atoms with van der Waals surface area (Å²) in [6.07, 6.45) is 8.25. The van der Waals surface area contributed by atoms with Gasteiger partial charge in [0.2, 0.25) is 0 Å². The number of aryl methyl sites for hydroxylation is 1. The number of likely N-dealkylation sites (tertiary alicyclic amines) is 1. The van der Waals surface area contributed by atoms with Crippen molar-refractivity contribution in [3.05, 3.63) is 42.0 Å². The first kappa shape index (κ1) is 19.3. The number of benzene rings is 1. The summed E-state index contributed by atoms with van der Waals surface area (Å²) in [6, 6.07) is 5.43. The van der Waals surface area contributed by atoms with Gasteiger partial charge < -0.3 is 18.9 Å². The van der Waals surface area contributed by atoms with Crippen LogP contribution in [0.3, 0.4) is 0 Å². The van der Waals surface area contributed by atoms with Crippen LogP contribution in [0.1, 0.15) is 54.7 Å². The molecule has 1 aliphatic rings. The molecule has 0 aliphatic carbocycles. The smallest absolute Gasteiger partial charge is 0.257 e. The van der Waals surface area contributed by atoms with Crippen LogP contribution in [0.2, 0.25) is 0 Å². The zero-order valence-electron chi connectivity index (χ0n) is 16.5. The fourth-order valence-electron chi connectivity index (χ4n) is 3.80. The number of carbonyl (C=O) groups is 1. The molecular formula is C21H29N3O3. The highest BCUT2D eigenvalue weighted by Crippen LogP contribution is 2.33. The average molecular weight is 371 g/mol. The molecule has 1 aromatic carbocycles. The molecule has 6 heteroatoms. The van der Waals surface area contributed by atoms with Gasteiger partial charge in [-0.05, 0) is 31.4 Å². The molecule has 1 fully saturated rings. The predicted octanol–water partition coefficient (Wildman–Crippen LogP) is 3.72. The normalized spacial score (nSPS) is 17.0. The van der Waals surface area contributed by atoms with Gasteiger partial charge in [-0.15, -0.1) is 0 Å². The van der Waals surface area contributed by atoms with E-state index in [9.17, 15) is 4.79 Å². The Kier molecular flexibility index (Phi) is 6.37. The lowest BCUT2D eigenvalue weighted by Crippen LogP contribution is -2.40. The third-order valence-electron chi connectivity index (χ3n) is 5.21. The first-order chi connectivity index (χ1) is 13.2. The molecule has 1 atom stereocenters. The van der Waals surface area contributed by atoms with Gasteiger partial charge in [-0.3, -0.25) is 4.79 Å². The molecule has 0 saturated carbocycles. The summed E-state index contributed by atoms with van der Waals surface area (Å²) < 4.78 is 13.0. The Balaban J connectivity index is 1.79. The van der Waals surface area contributed by atoms with Gasteiger partial charge in [-0.2, -0.15) is 0 Å². The van der Waals surface area contributed by atoms with Crippen LogP contribution in [0.25, 0.3) is 0 Å². The first-order valence-electron chi connectivity index (χ1n) is 9.70. The van der Waals surface area contributed by atoms with E-state index >= 15 is 0 Å². The average Bonchev–Trinajstić information content (AvgIpc) is 3.19. The molecule has 1 amide bonds. The van der Waals surface area contributed by atoms with Crippen molar-refractivity contribution in [2.24, 2.45) is 0 Å². The SMILES string of the molecule is CCCCn1ccnc1[C@H]1CCCN(C(=O)c2cccc(OC)c2OC)C1. The van der Waals surface area contributed by atoms with Gasteiger partial charge in [0, 0.05) is 37.9 Å². The maximum atomic E-state index is 13.2. The Hall–Kier alpha value is -2.50. The number of amides is 1. The van der Waals surface area contributed by atoms with E-state index in [2.05, 4.69) is 22.7 Å². The van der Waals surface area contributed by atoms with Crippen LogP contribution in [0.15, 0.2) is 30.6 Å². The van der Waals surface area contributed by atoms with Crippen molar-refractivity contribution >= 4 is 5.91 Å². The largest absolute Gasteiger partial charge is 0.493 e. The van der Waals surface area contributed by atoms with Crippen molar-refractivity contribution < 1.29 is 14.3 Å². The molecule has 146 valence electrons. The number of unbranched alkanes of at least 4 members (excludes halogenated alkanes) is 1. The molecule has 0 N–H and O–H groups in total. The van der Waals surface area contributed by atoms with E-state index in [-0.39, 0.29) is 11.8 Å². The van der Waals surface area contributed by atoms with Crippen molar-refractivity contribution in [2.45, 2.75) is 45.1 Å². The molecule has 0 unspecified atom stereocenters. The van der Waals surface area contributed by atoms with Gasteiger partial charge in [0.1, 0.15) is 5.82 Å². The highest BCUT2D eigenvalue weighted by Gasteiger charge is 2.29. The fraction of sp³-hybridized carbons (Fsp3) is 0.524. The van der Waals surface area contributed by atoms with Crippen LogP contribution in [-0.4, -0.2) is 47.7 Å². The molecule has 2 aromatic rings. The highest BCUT2D eigenvalue weighted by molar-refractivity contribution is 5.98. The molecule has 27 heavy (non-hydrogen) atoms. The van der Waals surface area contributed by atoms with E-state index in [4.69, 9.17) is 9.47 Å². The Morgan fingerprint density at radius 1 is 1.30 bits per heavy atom. The molecule has 0 spiro atoms. The third-order valence-corrected chi connectivity index (χ3v) is 5.21. The van der Waals surface area contributed by atoms with Gasteiger partial charge in [0.05, 0.1) is 19.8 Å². The standard InChI is InChI=1S/C21H29N3O3/c1-4-5-12-23-14-11-22-20(23)16-8-7-13-24(15-16)21(25)17-9-6-10-18(26-2)19(17)27-3/h6,9-11,14,16H,4-5,7-8,12-13,15H2,1-3H3/t16-/m0/s1. The molecule has 6 nitrogen and oxygen atoms in total. The zero-order valence-corrected chi connectivity index (χ0v) is 16.5. The van der Waals surface area contributed by atoms with E-state index < -0.39 is 0 Å². The minimum atomic E-state index is -0.0119. The van der Waals surface area contributed by atoms with Crippen LogP contribution in [0, 0.1) is 0 Å². The number of carbonyl (C=O) groups excluding carboxylic acids is 1. The molecule has 0 bridgehead atoms. The lowest BCUT2D eigenvalue weighted by atomic mass is 9.96. The quantitative estimate of drug-likeness (QED) is 0.744. The van der Waals surface area contributed by atoms with E-state index in [1.165, 1.54) is 0 Å². The molecular weight excluding hydrogens is 342 g/mol. The Labute approximate surface area is 161 Å². The summed E-state index contributed by atoms with van der Waals surface area (Å²) >= 11 is 0. The summed E-state index contributed by atoms with van der Waals surface area (Å²) in [4.78, 5) is 19.7. The highest BCUT2D eigenvalue weighted by atomic mass is 16.5. The van der Waals surface area contributed by atoms with Gasteiger partial charge in [-0.25, -0.2) is 4.98 Å². The Morgan fingerprint density at radius 2 is 2.15 bits per heavy atom. The van der Waals surface area contributed by atoms with Crippen LogP contribution in [-0.2, 0) is 6.54 Å². The van der Waals surface area contributed by atoms with Gasteiger partial charge in [0.15, 0.2) is 11.5 Å². The number of nitrogens with zero attached hydrogens (tertiary/aromatic N) is 3. The van der Waals surface area contributed by atoms with Gasteiger partial charge >= 0.3 is 0 Å². The van der Waals surface area contributed by atoms with Crippen molar-refractivity contribution in [3.8, 4) is 11.5 Å². The molecule has 1 saturated heterocycles. The second-order valence-electron chi connectivity index (χ2n) is 6.96. The van der Waals surface area contributed by atoms with Gasteiger partial charge in [0.25, 0.3) is 5.91 Å². The molecule has 2 heterocycles. The third kappa shape index (κ3) is 4.10. The Bertz CT molecular complexity index is 772. The monoisotopic (exact) mass is 371 g/mol. The number of piperidine rings is 1. The van der Waals surface area contributed by atoms with Crippen LogP contribution < -0.4 is 9.47 Å². The van der Waals surface area contributed by atoms with Crippen LogP contribution in [0.5, 0.6) is 11.5 Å². The maximum absolute atomic E-state index is 13.2. The number of imidazole rings is 1. The van der Waals surface area contributed by atoms with Crippen molar-refractivity contribution in [1.82, 2.24) is 14.5 Å². The lowest BCUT2D eigenvalue weighted by Gasteiger charge is -2.33. The second kappa shape index (κ2) is 8.93. The zero-order chi connectivity index (χ0) is 19.2. The molecule has 1 aliphatic heterocycles. The number of hydrogen-bond donors (Lipinski definition) is 0. The fourth-order valence-corrected chi connectivity index (χ4v) is 3.80. The minimum Gasteiger partial charge on any atom is -0.493 e. The number of aromatic nitrogens is 2. The molecule has 1 aromatic heterocycles. The topological polar surface area (TPSA) is 56.6 Å². The Morgan fingerprint density at radius 3 is 2.89 bits per heavy atom. The summed E-state index contributed by atoms with van der Waals surface area (Å²) in [5.74, 6) is 2.43. The second-order valence-corrected chi connectivity index (χ2v) is 6.96. The number of ether oxygens (including phenoxy) is 2. The van der Waals surface area contributed by atoms with Crippen LogP contribution in [0.4, 0.5) is 0 Å². The lowest BCUT2D eigenvalue weighted by molar-refractivity contribution is 0.0699. The maximum Gasteiger partial charge on any atom is 0.257 e. The summed E-state index contributed by atoms with van der Waals surface area (Å²) in [5.41, 5.74) is 0.548. The van der Waals surface area contributed by atoms with E-state index in [1.54, 1.807) is 26.4 Å². The first-order valence-corrected chi connectivity index (χ1v) is 9.70. The van der Waals surface area contributed by atoms with E-state index in [1.807, 2.05) is 17.2 Å². The van der Waals surface area contributed by atoms with Crippen LogP contribution >= 0.6 is 0 Å².